The maximum atomic E-state index is 14.1. The minimum atomic E-state index is -2.80. The lowest BCUT2D eigenvalue weighted by Gasteiger charge is -2.48. The Morgan fingerprint density at radius 1 is 0.831 bits per heavy atom. The average Bonchev–Trinajstić information content (AvgIpc) is 3.95. The molecule has 4 aromatic heterocycles. The van der Waals surface area contributed by atoms with E-state index in [4.69, 9.17) is 13.8 Å². The monoisotopic (exact) mass is 964 g/mol. The van der Waals surface area contributed by atoms with Crippen molar-refractivity contribution in [2.75, 3.05) is 59.8 Å². The number of amides is 5. The number of anilines is 5. The minimum absolute atomic E-state index is 0.0657. The molecule has 0 spiro atoms. The molecular formula is C53H59N11O7. The first-order chi connectivity index (χ1) is 35.3. The Balaban J connectivity index is 0.745. The number of aliphatic hydroxyl groups excluding tert-OH is 1. The van der Waals surface area contributed by atoms with Crippen LogP contribution in [0.25, 0.3) is 11.1 Å². The molecule has 3 saturated heterocycles. The van der Waals surface area contributed by atoms with Crippen LogP contribution in [-0.4, -0.2) is 128 Å². The topological polar surface area (TPSA) is 199 Å². The molecule has 71 heavy (non-hydrogen) atoms. The highest BCUT2D eigenvalue weighted by atomic mass is 16.5. The van der Waals surface area contributed by atoms with Crippen LogP contribution in [0, 0.1) is 5.41 Å². The third-order valence-electron chi connectivity index (χ3n) is 15.5. The van der Waals surface area contributed by atoms with Gasteiger partial charge in [0.1, 0.15) is 29.1 Å². The second-order valence-electron chi connectivity index (χ2n) is 20.6. The number of rotatable bonds is 10. The Hall–Kier alpha value is -7.18. The lowest BCUT2D eigenvalue weighted by molar-refractivity contribution is -0.136. The van der Waals surface area contributed by atoms with Crippen molar-refractivity contribution in [1.29, 1.82) is 0 Å². The number of imide groups is 2. The summed E-state index contributed by atoms with van der Waals surface area (Å²) >= 11 is 0. The molecule has 0 saturated carbocycles. The first kappa shape index (κ1) is 42.7. The average molecular weight is 965 g/mol. The number of nitrogens with zero attached hydrogens (tertiary/aromatic N) is 9. The zero-order chi connectivity index (χ0) is 52.0. The molecule has 5 amide bonds. The Bertz CT molecular complexity index is 3120. The van der Waals surface area contributed by atoms with Gasteiger partial charge in [-0.15, -0.1) is 0 Å². The highest BCUT2D eigenvalue weighted by Crippen LogP contribution is 2.41. The number of hydrogen-bond donors (Lipinski definition) is 3. The summed E-state index contributed by atoms with van der Waals surface area (Å²) in [5.74, 6) is -1.64. The lowest BCUT2D eigenvalue weighted by Crippen LogP contribution is -2.58. The quantitative estimate of drug-likeness (QED) is 0.152. The molecule has 3 fully saturated rings. The molecule has 5 aliphatic heterocycles. The Kier molecular flexibility index (Phi) is 10.8. The largest absolute Gasteiger partial charge is 0.480 e. The summed E-state index contributed by atoms with van der Waals surface area (Å²) in [5, 5.41) is 16.3. The zero-order valence-electron chi connectivity index (χ0n) is 43.3. The van der Waals surface area contributed by atoms with Gasteiger partial charge in [-0.3, -0.25) is 44.0 Å². The molecule has 1 aliphatic carbocycles. The molecule has 368 valence electrons. The maximum absolute atomic E-state index is 14.1. The second-order valence-corrected chi connectivity index (χ2v) is 20.6. The number of nitrogens with one attached hydrogen (secondary N) is 2. The van der Waals surface area contributed by atoms with Crippen molar-refractivity contribution in [2.45, 2.75) is 104 Å². The van der Waals surface area contributed by atoms with Gasteiger partial charge in [0.2, 0.25) is 17.7 Å². The maximum Gasteiger partial charge on any atom is 0.276 e. The van der Waals surface area contributed by atoms with Crippen molar-refractivity contribution in [3.8, 4) is 17.0 Å². The molecule has 18 heteroatoms. The summed E-state index contributed by atoms with van der Waals surface area (Å²) < 4.78 is 31.1. The number of piperazine rings is 1. The molecular weight excluding hydrogens is 903 g/mol. The number of hydrogen-bond acceptors (Lipinski definition) is 14. The van der Waals surface area contributed by atoms with Gasteiger partial charge in [-0.25, -0.2) is 15.0 Å². The van der Waals surface area contributed by atoms with Crippen molar-refractivity contribution >= 4 is 58.2 Å². The van der Waals surface area contributed by atoms with E-state index in [0.29, 0.717) is 53.2 Å². The van der Waals surface area contributed by atoms with E-state index in [1.165, 1.54) is 17.5 Å². The number of fused-ring (bicyclic) bond motifs is 4. The number of piperidine rings is 2. The SMILES string of the molecule is [2H]C([2H])([2H])Oc1ncc(-c2ccnc(N3CCn4c(cc5c4CC(C)(C)C5)C3=O)c2CO)cc1Nc1ccc(N2CCN(C3CCN(c4ccc5c(c4)C(=O)N([C@H]4CCC(=O)NC4=O)C5=O)[C@H](C)C3)C[C@@H]2C)cn1. The molecule has 0 bridgehead atoms. The van der Waals surface area contributed by atoms with Gasteiger partial charge in [0.05, 0.1) is 40.8 Å². The fourth-order valence-electron chi connectivity index (χ4n) is 12.0. The van der Waals surface area contributed by atoms with E-state index < -0.39 is 43.3 Å². The number of pyridine rings is 3. The summed E-state index contributed by atoms with van der Waals surface area (Å²) in [6.45, 7) is 12.6. The first-order valence-electron chi connectivity index (χ1n) is 26.0. The van der Waals surface area contributed by atoms with Crippen LogP contribution in [0.5, 0.6) is 5.88 Å². The molecule has 4 atom stereocenters. The van der Waals surface area contributed by atoms with Crippen LogP contribution in [0.3, 0.4) is 0 Å². The van der Waals surface area contributed by atoms with Crippen molar-refractivity contribution in [3.63, 3.8) is 0 Å². The normalized spacial score (nSPS) is 24.0. The van der Waals surface area contributed by atoms with Crippen molar-refractivity contribution < 1.29 is 37.9 Å². The highest BCUT2D eigenvalue weighted by Gasteiger charge is 2.45. The molecule has 9 heterocycles. The predicted octanol–water partition coefficient (Wildman–Crippen LogP) is 5.34. The number of methoxy groups -OCH3 is 1. The van der Waals surface area contributed by atoms with Crippen molar-refractivity contribution in [3.05, 3.63) is 101 Å². The number of aromatic nitrogens is 4. The fraction of sp³-hybridized carbons (Fsp3) is 0.434. The van der Waals surface area contributed by atoms with Gasteiger partial charge in [0, 0.05) is 98.7 Å². The van der Waals surface area contributed by atoms with Crippen LogP contribution in [0.2, 0.25) is 0 Å². The molecule has 18 nitrogen and oxygen atoms in total. The first-order valence-corrected chi connectivity index (χ1v) is 24.5. The Morgan fingerprint density at radius 2 is 1.65 bits per heavy atom. The molecule has 11 rings (SSSR count). The Morgan fingerprint density at radius 3 is 2.41 bits per heavy atom. The zero-order valence-corrected chi connectivity index (χ0v) is 40.3. The molecule has 1 aromatic carbocycles. The fourth-order valence-corrected chi connectivity index (χ4v) is 12.0. The van der Waals surface area contributed by atoms with Crippen LogP contribution in [0.15, 0.2) is 67.1 Å². The number of benzene rings is 1. The van der Waals surface area contributed by atoms with Crippen LogP contribution >= 0.6 is 0 Å². The number of carbonyl (C=O) groups excluding carboxylic acids is 5. The van der Waals surface area contributed by atoms with Crippen LogP contribution in [0.4, 0.5) is 28.7 Å². The second kappa shape index (κ2) is 17.9. The van der Waals surface area contributed by atoms with E-state index in [0.717, 1.165) is 68.1 Å². The molecule has 0 radical (unpaired) electrons. The number of carbonyl (C=O) groups is 5. The van der Waals surface area contributed by atoms with Gasteiger partial charge in [0.15, 0.2) is 0 Å². The summed E-state index contributed by atoms with van der Waals surface area (Å²) in [7, 11) is -2.80. The van der Waals surface area contributed by atoms with Crippen LogP contribution < -0.4 is 30.1 Å². The van der Waals surface area contributed by atoms with Gasteiger partial charge >= 0.3 is 0 Å². The standard InChI is InChI=1S/C53H59N11O7/c1-30-20-34(13-15-60(30)35-6-8-38-39(23-35)51(69)64(50(38)68)42-9-11-46(66)58-48(42)67)59-16-17-61(31(2)28-59)36-7-10-45(55-27-36)57-41-21-33(26-56-49(41)71-5)37-12-14-54-47(40(37)29-65)63-19-18-62-43(52(63)70)22-32-24-53(3,4)25-44(32)62/h6-8,10,12,14,21-23,26-27,30-31,34,42,65H,9,11,13,15-20,24-25,28-29H2,1-5H3,(H,55,57)(H,58,66,67)/t30-,31+,34?,42+/m1/s1/i5D3. The van der Waals surface area contributed by atoms with E-state index in [9.17, 15) is 29.1 Å². The summed E-state index contributed by atoms with van der Waals surface area (Å²) in [6.07, 6.45) is 8.66. The van der Waals surface area contributed by atoms with Gasteiger partial charge in [-0.05, 0) is 111 Å². The van der Waals surface area contributed by atoms with Gasteiger partial charge in [0.25, 0.3) is 17.7 Å². The minimum Gasteiger partial charge on any atom is -0.480 e. The Labute approximate surface area is 416 Å². The van der Waals surface area contributed by atoms with E-state index in [2.05, 4.69) is 67.6 Å². The molecule has 1 unspecified atom stereocenters. The van der Waals surface area contributed by atoms with Crippen LogP contribution in [-0.2, 0) is 35.6 Å². The van der Waals surface area contributed by atoms with Gasteiger partial charge < -0.3 is 29.5 Å². The summed E-state index contributed by atoms with van der Waals surface area (Å²) in [4.78, 5) is 88.8. The summed E-state index contributed by atoms with van der Waals surface area (Å²) in [5.41, 5.74) is 7.28. The van der Waals surface area contributed by atoms with E-state index in [1.807, 2.05) is 24.3 Å². The number of ether oxygens (including phenoxy) is 1. The van der Waals surface area contributed by atoms with E-state index >= 15 is 0 Å². The number of aliphatic hydroxyl groups is 1. The molecule has 3 N–H and O–H groups in total. The van der Waals surface area contributed by atoms with Crippen molar-refractivity contribution in [2.24, 2.45) is 5.41 Å². The summed E-state index contributed by atoms with van der Waals surface area (Å²) in [6, 6.07) is 14.2. The predicted molar refractivity (Wildman–Crippen MR) is 266 cm³/mol. The van der Waals surface area contributed by atoms with Crippen molar-refractivity contribution in [1.82, 2.24) is 34.6 Å². The van der Waals surface area contributed by atoms with E-state index in [-0.39, 0.29) is 58.9 Å². The van der Waals surface area contributed by atoms with Gasteiger partial charge in [-0.1, -0.05) is 13.8 Å². The molecule has 5 aromatic rings. The third-order valence-corrected chi connectivity index (χ3v) is 15.5. The lowest BCUT2D eigenvalue weighted by atomic mass is 9.90. The van der Waals surface area contributed by atoms with Gasteiger partial charge in [-0.2, -0.15) is 0 Å². The molecule has 6 aliphatic rings. The smallest absolute Gasteiger partial charge is 0.276 e. The van der Waals surface area contributed by atoms with Crippen LogP contribution in [0.1, 0.15) is 106 Å². The highest BCUT2D eigenvalue weighted by molar-refractivity contribution is 6.23. The third kappa shape index (κ3) is 8.15. The van der Waals surface area contributed by atoms with E-state index in [1.54, 1.807) is 41.6 Å².